The van der Waals surface area contributed by atoms with E-state index in [0.29, 0.717) is 5.56 Å². The predicted octanol–water partition coefficient (Wildman–Crippen LogP) is 1.60. The highest BCUT2D eigenvalue weighted by Gasteiger charge is 2.26. The number of pyridine rings is 1. The van der Waals surface area contributed by atoms with E-state index in [1.54, 1.807) is 39.1 Å². The first kappa shape index (κ1) is 11.7. The molecule has 0 aliphatic heterocycles. The Kier molecular flexibility index (Phi) is 3.42. The number of hydrogen-bond acceptors (Lipinski definition) is 4. The van der Waals surface area contributed by atoms with Crippen LogP contribution < -0.4 is 0 Å². The second-order valence-corrected chi connectivity index (χ2v) is 4.37. The third-order valence-electron chi connectivity index (χ3n) is 1.86. The molecular formula is C11H15NO3. The molecule has 0 bridgehead atoms. The molecule has 0 aliphatic rings. The van der Waals surface area contributed by atoms with Crippen molar-refractivity contribution in [2.24, 2.45) is 5.41 Å². The first-order valence-corrected chi connectivity index (χ1v) is 4.70. The fraction of sp³-hybridized carbons (Fsp3) is 0.455. The Morgan fingerprint density at radius 3 is 2.67 bits per heavy atom. The topological polar surface area (TPSA) is 59.4 Å². The molecule has 0 aliphatic carbocycles. The van der Waals surface area contributed by atoms with Crippen LogP contribution in [0.2, 0.25) is 0 Å². The second-order valence-electron chi connectivity index (χ2n) is 4.37. The highest BCUT2D eigenvalue weighted by atomic mass is 16.6. The molecule has 1 rings (SSSR count). The van der Waals surface area contributed by atoms with Crippen LogP contribution in [-0.4, -0.2) is 22.3 Å². The lowest BCUT2D eigenvalue weighted by Gasteiger charge is -2.25. The number of esters is 1. The Labute approximate surface area is 88.9 Å². The molecule has 1 atom stereocenters. The van der Waals surface area contributed by atoms with Gasteiger partial charge in [0.1, 0.15) is 0 Å². The zero-order valence-electron chi connectivity index (χ0n) is 9.10. The van der Waals surface area contributed by atoms with E-state index in [1.165, 1.54) is 6.20 Å². The van der Waals surface area contributed by atoms with Gasteiger partial charge in [-0.1, -0.05) is 20.8 Å². The fourth-order valence-corrected chi connectivity index (χ4v) is 0.830. The SMILES string of the molecule is CC(C)(C)C(O)OC(=O)c1cccnc1. The number of nitrogens with zero attached hydrogens (tertiary/aromatic N) is 1. The Bertz CT molecular complexity index is 329. The smallest absolute Gasteiger partial charge is 0.342 e. The predicted molar refractivity (Wildman–Crippen MR) is 55.1 cm³/mol. The van der Waals surface area contributed by atoms with Crippen LogP contribution in [-0.2, 0) is 4.74 Å². The van der Waals surface area contributed by atoms with Gasteiger partial charge in [-0.15, -0.1) is 0 Å². The van der Waals surface area contributed by atoms with Crippen LogP contribution >= 0.6 is 0 Å². The third kappa shape index (κ3) is 3.32. The average molecular weight is 209 g/mol. The molecule has 0 fully saturated rings. The number of ether oxygens (including phenoxy) is 1. The van der Waals surface area contributed by atoms with Gasteiger partial charge >= 0.3 is 5.97 Å². The molecule has 0 radical (unpaired) electrons. The number of rotatable bonds is 2. The van der Waals surface area contributed by atoms with E-state index < -0.39 is 17.7 Å². The van der Waals surface area contributed by atoms with Crippen molar-refractivity contribution < 1.29 is 14.6 Å². The summed E-state index contributed by atoms with van der Waals surface area (Å²) in [5.41, 5.74) is -0.154. The molecule has 15 heavy (non-hydrogen) atoms. The van der Waals surface area contributed by atoms with Gasteiger partial charge in [-0.2, -0.15) is 0 Å². The molecule has 82 valence electrons. The fourth-order valence-electron chi connectivity index (χ4n) is 0.830. The molecule has 1 aromatic heterocycles. The minimum atomic E-state index is -1.12. The largest absolute Gasteiger partial charge is 0.432 e. The summed E-state index contributed by atoms with van der Waals surface area (Å²) in [6.07, 6.45) is 1.85. The maximum absolute atomic E-state index is 11.5. The van der Waals surface area contributed by atoms with E-state index >= 15 is 0 Å². The highest BCUT2D eigenvalue weighted by molar-refractivity contribution is 5.88. The quantitative estimate of drug-likeness (QED) is 0.593. The summed E-state index contributed by atoms with van der Waals surface area (Å²) in [7, 11) is 0. The highest BCUT2D eigenvalue weighted by Crippen LogP contribution is 2.20. The van der Waals surface area contributed by atoms with E-state index in [1.807, 2.05) is 0 Å². The molecule has 4 heteroatoms. The van der Waals surface area contributed by atoms with Crippen molar-refractivity contribution in [1.29, 1.82) is 0 Å². The van der Waals surface area contributed by atoms with Gasteiger partial charge in [-0.3, -0.25) is 4.98 Å². The van der Waals surface area contributed by atoms with Crippen LogP contribution in [0.3, 0.4) is 0 Å². The first-order chi connectivity index (χ1) is 6.91. The number of carbonyl (C=O) groups excluding carboxylic acids is 1. The Morgan fingerprint density at radius 1 is 1.53 bits per heavy atom. The Hall–Kier alpha value is -1.42. The van der Waals surface area contributed by atoms with Gasteiger partial charge in [0.2, 0.25) is 6.29 Å². The van der Waals surface area contributed by atoms with E-state index in [-0.39, 0.29) is 0 Å². The number of carbonyl (C=O) groups is 1. The number of aliphatic hydroxyl groups is 1. The molecule has 0 amide bonds. The van der Waals surface area contributed by atoms with Gasteiger partial charge in [-0.05, 0) is 12.1 Å². The lowest BCUT2D eigenvalue weighted by atomic mass is 9.96. The van der Waals surface area contributed by atoms with Crippen LogP contribution in [0.4, 0.5) is 0 Å². The van der Waals surface area contributed by atoms with Gasteiger partial charge in [0, 0.05) is 17.8 Å². The minimum Gasteiger partial charge on any atom is -0.432 e. The standard InChI is InChI=1S/C11H15NO3/c1-11(2,3)10(14)15-9(13)8-5-4-6-12-7-8/h4-7,10,14H,1-3H3. The zero-order valence-corrected chi connectivity index (χ0v) is 9.10. The van der Waals surface area contributed by atoms with Crippen LogP contribution in [0.5, 0.6) is 0 Å². The van der Waals surface area contributed by atoms with Crippen molar-refractivity contribution in [3.05, 3.63) is 30.1 Å². The molecule has 0 saturated carbocycles. The summed E-state index contributed by atoms with van der Waals surface area (Å²) in [6.45, 7) is 5.36. The van der Waals surface area contributed by atoms with Crippen molar-refractivity contribution >= 4 is 5.97 Å². The lowest BCUT2D eigenvalue weighted by Crippen LogP contribution is -2.31. The van der Waals surface area contributed by atoms with Crippen molar-refractivity contribution in [1.82, 2.24) is 4.98 Å². The zero-order chi connectivity index (χ0) is 11.5. The molecule has 0 saturated heterocycles. The molecule has 0 aromatic carbocycles. The normalized spacial score (nSPS) is 13.3. The van der Waals surface area contributed by atoms with Gasteiger partial charge in [0.15, 0.2) is 0 Å². The van der Waals surface area contributed by atoms with Gasteiger partial charge in [-0.25, -0.2) is 4.79 Å². The van der Waals surface area contributed by atoms with E-state index in [0.717, 1.165) is 0 Å². The van der Waals surface area contributed by atoms with Crippen molar-refractivity contribution in [3.8, 4) is 0 Å². The first-order valence-electron chi connectivity index (χ1n) is 4.70. The van der Waals surface area contributed by atoms with Gasteiger partial charge in [0.05, 0.1) is 5.56 Å². The van der Waals surface area contributed by atoms with E-state index in [2.05, 4.69) is 4.98 Å². The lowest BCUT2D eigenvalue weighted by molar-refractivity contribution is -0.123. The summed E-state index contributed by atoms with van der Waals surface area (Å²) in [4.78, 5) is 15.3. The van der Waals surface area contributed by atoms with Gasteiger partial charge < -0.3 is 9.84 Å². The van der Waals surface area contributed by atoms with E-state index in [4.69, 9.17) is 4.74 Å². The number of hydrogen-bond donors (Lipinski definition) is 1. The Morgan fingerprint density at radius 2 is 2.20 bits per heavy atom. The Balaban J connectivity index is 2.65. The monoisotopic (exact) mass is 209 g/mol. The van der Waals surface area contributed by atoms with Crippen LogP contribution in [0.1, 0.15) is 31.1 Å². The number of aliphatic hydroxyl groups excluding tert-OH is 1. The summed E-state index contributed by atoms with van der Waals surface area (Å²) < 4.78 is 4.88. The van der Waals surface area contributed by atoms with Crippen LogP contribution in [0.15, 0.2) is 24.5 Å². The molecule has 1 N–H and O–H groups in total. The average Bonchev–Trinajstić information content (AvgIpc) is 2.17. The molecule has 4 nitrogen and oxygen atoms in total. The summed E-state index contributed by atoms with van der Waals surface area (Å²) in [5.74, 6) is -0.564. The summed E-state index contributed by atoms with van der Waals surface area (Å²) in [5, 5.41) is 9.55. The van der Waals surface area contributed by atoms with Crippen molar-refractivity contribution in [2.75, 3.05) is 0 Å². The maximum Gasteiger partial charge on any atom is 0.342 e. The minimum absolute atomic E-state index is 0.334. The van der Waals surface area contributed by atoms with Gasteiger partial charge in [0.25, 0.3) is 0 Å². The third-order valence-corrected chi connectivity index (χ3v) is 1.86. The molecule has 0 spiro atoms. The molecular weight excluding hydrogens is 194 g/mol. The molecule has 1 aromatic rings. The van der Waals surface area contributed by atoms with Crippen molar-refractivity contribution in [2.45, 2.75) is 27.1 Å². The maximum atomic E-state index is 11.5. The number of aromatic nitrogens is 1. The summed E-state index contributed by atoms with van der Waals surface area (Å²) >= 11 is 0. The second kappa shape index (κ2) is 4.40. The molecule has 1 heterocycles. The van der Waals surface area contributed by atoms with Crippen LogP contribution in [0, 0.1) is 5.41 Å². The van der Waals surface area contributed by atoms with E-state index in [9.17, 15) is 9.90 Å². The molecule has 1 unspecified atom stereocenters. The van der Waals surface area contributed by atoms with Crippen molar-refractivity contribution in [3.63, 3.8) is 0 Å². The van der Waals surface area contributed by atoms with Crippen LogP contribution in [0.25, 0.3) is 0 Å². The summed E-state index contributed by atoms with van der Waals surface area (Å²) in [6, 6.07) is 3.23.